The first-order valence-corrected chi connectivity index (χ1v) is 9.88. The van der Waals surface area contributed by atoms with Gasteiger partial charge in [0, 0.05) is 16.2 Å². The highest BCUT2D eigenvalue weighted by Gasteiger charge is 2.13. The van der Waals surface area contributed by atoms with Gasteiger partial charge >= 0.3 is 5.97 Å². The number of halogens is 1. The van der Waals surface area contributed by atoms with Crippen LogP contribution < -0.4 is 0 Å². The van der Waals surface area contributed by atoms with Crippen LogP contribution in [0.5, 0.6) is 0 Å². The molecule has 1 aromatic carbocycles. The molecule has 0 spiro atoms. The van der Waals surface area contributed by atoms with Crippen LogP contribution in [0.2, 0.25) is 0 Å². The normalized spacial score (nSPS) is 11.0. The third kappa shape index (κ3) is 4.53. The number of nitrogens with zero attached hydrogens (tertiary/aromatic N) is 1. The minimum absolute atomic E-state index is 0.0198. The van der Waals surface area contributed by atoms with Crippen LogP contribution >= 0.6 is 23.1 Å². The summed E-state index contributed by atoms with van der Waals surface area (Å²) in [6, 6.07) is 8.24. The number of hydrogen-bond acceptors (Lipinski definition) is 5. The Labute approximate surface area is 159 Å². The average Bonchev–Trinajstić information content (AvgIpc) is 3.11. The number of carboxylic acid groups (broad SMARTS) is 1. The standard InChI is InChI=1S/C19H18FNO3S2/c1-11-17(10-18(22)23)26-19(21-11)25-8-7-14-9-16(24-12(14)2)13-3-5-15(20)6-4-13/h3-6,9H,7-8,10H2,1-2H3,(H,22,23). The van der Waals surface area contributed by atoms with Gasteiger partial charge in [0.15, 0.2) is 0 Å². The quantitative estimate of drug-likeness (QED) is 0.566. The second-order valence-electron chi connectivity index (χ2n) is 5.86. The van der Waals surface area contributed by atoms with E-state index in [1.54, 1.807) is 23.9 Å². The van der Waals surface area contributed by atoms with Gasteiger partial charge in [0.2, 0.25) is 0 Å². The number of benzene rings is 1. The average molecular weight is 391 g/mol. The molecule has 0 atom stereocenters. The largest absolute Gasteiger partial charge is 0.481 e. The molecule has 26 heavy (non-hydrogen) atoms. The van der Waals surface area contributed by atoms with Crippen molar-refractivity contribution in [3.05, 3.63) is 58.0 Å². The minimum Gasteiger partial charge on any atom is -0.481 e. The molecule has 0 unspecified atom stereocenters. The molecule has 0 amide bonds. The van der Waals surface area contributed by atoms with Crippen LogP contribution in [0.15, 0.2) is 39.1 Å². The van der Waals surface area contributed by atoms with E-state index in [0.29, 0.717) is 0 Å². The molecular weight excluding hydrogens is 373 g/mol. The molecule has 0 radical (unpaired) electrons. The van der Waals surface area contributed by atoms with Crippen molar-refractivity contribution in [2.45, 2.75) is 31.0 Å². The van der Waals surface area contributed by atoms with E-state index in [1.165, 1.54) is 23.5 Å². The smallest absolute Gasteiger partial charge is 0.308 e. The van der Waals surface area contributed by atoms with Gasteiger partial charge in [-0.05, 0) is 56.2 Å². The highest BCUT2D eigenvalue weighted by atomic mass is 32.2. The first-order valence-electron chi connectivity index (χ1n) is 8.08. The lowest BCUT2D eigenvalue weighted by atomic mass is 10.1. The second kappa shape index (κ2) is 8.05. The molecular formula is C19H18FNO3S2. The van der Waals surface area contributed by atoms with Gasteiger partial charge in [-0.3, -0.25) is 4.79 Å². The maximum Gasteiger partial charge on any atom is 0.308 e. The van der Waals surface area contributed by atoms with Gasteiger partial charge < -0.3 is 9.52 Å². The summed E-state index contributed by atoms with van der Waals surface area (Å²) in [6.07, 6.45) is 0.833. The van der Waals surface area contributed by atoms with Crippen LogP contribution in [0.25, 0.3) is 11.3 Å². The Hall–Kier alpha value is -2.12. The minimum atomic E-state index is -0.837. The van der Waals surface area contributed by atoms with E-state index in [4.69, 9.17) is 9.52 Å². The Morgan fingerprint density at radius 2 is 2.04 bits per heavy atom. The van der Waals surface area contributed by atoms with Gasteiger partial charge in [0.05, 0.1) is 12.1 Å². The Balaban J connectivity index is 1.62. The van der Waals surface area contributed by atoms with Crippen molar-refractivity contribution in [3.63, 3.8) is 0 Å². The van der Waals surface area contributed by atoms with Gasteiger partial charge in [-0.2, -0.15) is 0 Å². The van der Waals surface area contributed by atoms with Crippen LogP contribution in [0.4, 0.5) is 4.39 Å². The van der Waals surface area contributed by atoms with Crippen molar-refractivity contribution < 1.29 is 18.7 Å². The van der Waals surface area contributed by atoms with Gasteiger partial charge in [-0.15, -0.1) is 11.3 Å². The maximum atomic E-state index is 13.0. The van der Waals surface area contributed by atoms with Crippen molar-refractivity contribution in [2.75, 3.05) is 5.75 Å². The topological polar surface area (TPSA) is 63.3 Å². The maximum absolute atomic E-state index is 13.0. The first kappa shape index (κ1) is 18.7. The third-order valence-corrected chi connectivity index (χ3v) is 6.23. The van der Waals surface area contributed by atoms with Crippen LogP contribution in [0, 0.1) is 19.7 Å². The molecule has 2 heterocycles. The predicted octanol–water partition coefficient (Wildman–Crippen LogP) is 5.12. The highest BCUT2D eigenvalue weighted by Crippen LogP contribution is 2.30. The first-order chi connectivity index (χ1) is 12.4. The Kier molecular flexibility index (Phi) is 5.78. The van der Waals surface area contributed by atoms with Crippen molar-refractivity contribution >= 4 is 29.1 Å². The highest BCUT2D eigenvalue weighted by molar-refractivity contribution is 8.01. The molecule has 1 N–H and O–H groups in total. The molecule has 136 valence electrons. The van der Waals surface area contributed by atoms with Gasteiger partial charge in [-0.25, -0.2) is 9.37 Å². The van der Waals surface area contributed by atoms with Gasteiger partial charge in [0.25, 0.3) is 0 Å². The number of carboxylic acids is 1. The molecule has 0 bridgehead atoms. The van der Waals surface area contributed by atoms with E-state index < -0.39 is 5.97 Å². The molecule has 0 aliphatic heterocycles. The number of aromatic nitrogens is 1. The summed E-state index contributed by atoms with van der Waals surface area (Å²) < 4.78 is 19.7. The molecule has 0 aliphatic rings. The summed E-state index contributed by atoms with van der Waals surface area (Å²) in [6.45, 7) is 3.76. The number of aliphatic carboxylic acids is 1. The van der Waals surface area contributed by atoms with E-state index in [0.717, 1.165) is 49.7 Å². The fraction of sp³-hybridized carbons (Fsp3) is 0.263. The third-order valence-electron chi connectivity index (χ3n) is 3.93. The molecule has 7 heteroatoms. The zero-order valence-electron chi connectivity index (χ0n) is 14.4. The van der Waals surface area contributed by atoms with E-state index in [2.05, 4.69) is 4.98 Å². The fourth-order valence-electron chi connectivity index (χ4n) is 2.54. The number of thiazole rings is 1. The number of rotatable bonds is 7. The lowest BCUT2D eigenvalue weighted by Crippen LogP contribution is -1.99. The van der Waals surface area contributed by atoms with Crippen molar-refractivity contribution in [3.8, 4) is 11.3 Å². The Morgan fingerprint density at radius 1 is 1.31 bits per heavy atom. The Bertz CT molecular complexity index is 916. The summed E-state index contributed by atoms with van der Waals surface area (Å²) in [7, 11) is 0. The zero-order chi connectivity index (χ0) is 18.7. The fourth-order valence-corrected chi connectivity index (χ4v) is 4.81. The van der Waals surface area contributed by atoms with Crippen LogP contribution in [0.3, 0.4) is 0 Å². The zero-order valence-corrected chi connectivity index (χ0v) is 16.0. The van der Waals surface area contributed by atoms with Gasteiger partial charge in [-0.1, -0.05) is 11.8 Å². The van der Waals surface area contributed by atoms with Crippen molar-refractivity contribution in [1.29, 1.82) is 0 Å². The predicted molar refractivity (Wildman–Crippen MR) is 101 cm³/mol. The number of carbonyl (C=O) groups is 1. The molecule has 3 aromatic rings. The summed E-state index contributed by atoms with van der Waals surface area (Å²) in [4.78, 5) is 16.1. The number of furan rings is 1. The molecule has 4 nitrogen and oxygen atoms in total. The molecule has 0 fully saturated rings. The lowest BCUT2D eigenvalue weighted by Gasteiger charge is -1.97. The summed E-state index contributed by atoms with van der Waals surface area (Å²) >= 11 is 3.06. The lowest BCUT2D eigenvalue weighted by molar-refractivity contribution is -0.136. The molecule has 0 saturated heterocycles. The second-order valence-corrected chi connectivity index (χ2v) is 8.28. The van der Waals surface area contributed by atoms with Crippen LogP contribution in [-0.2, 0) is 17.6 Å². The van der Waals surface area contributed by atoms with Crippen molar-refractivity contribution in [2.24, 2.45) is 0 Å². The summed E-state index contributed by atoms with van der Waals surface area (Å²) in [5.41, 5.74) is 2.75. The SMILES string of the molecule is Cc1nc(SCCc2cc(-c3ccc(F)cc3)oc2C)sc1CC(=O)O. The molecule has 3 rings (SSSR count). The summed E-state index contributed by atoms with van der Waals surface area (Å²) in [5, 5.41) is 8.91. The summed E-state index contributed by atoms with van der Waals surface area (Å²) in [5.74, 6) is 1.30. The van der Waals surface area contributed by atoms with E-state index in [9.17, 15) is 9.18 Å². The van der Waals surface area contributed by atoms with E-state index in [1.807, 2.05) is 19.9 Å². The van der Waals surface area contributed by atoms with Crippen LogP contribution in [0.1, 0.15) is 21.9 Å². The van der Waals surface area contributed by atoms with Crippen LogP contribution in [-0.4, -0.2) is 21.8 Å². The number of thioether (sulfide) groups is 1. The molecule has 0 saturated carbocycles. The van der Waals surface area contributed by atoms with Gasteiger partial charge in [0.1, 0.15) is 21.7 Å². The van der Waals surface area contributed by atoms with Crippen molar-refractivity contribution in [1.82, 2.24) is 4.98 Å². The molecule has 0 aliphatic carbocycles. The number of aryl methyl sites for hydroxylation is 3. The van der Waals surface area contributed by atoms with E-state index >= 15 is 0 Å². The Morgan fingerprint density at radius 3 is 2.73 bits per heavy atom. The van der Waals surface area contributed by atoms with E-state index in [-0.39, 0.29) is 12.2 Å². The monoisotopic (exact) mass is 391 g/mol. The molecule has 2 aromatic heterocycles. The number of hydrogen-bond donors (Lipinski definition) is 1.